The van der Waals surface area contributed by atoms with Gasteiger partial charge in [0.25, 0.3) is 0 Å². The molecular formula is C14H11ClF3N3O2. The molecule has 9 heteroatoms. The molecule has 3 rings (SSSR count). The van der Waals surface area contributed by atoms with E-state index in [1.54, 1.807) is 24.3 Å². The highest BCUT2D eigenvalue weighted by atomic mass is 35.5. The zero-order valence-corrected chi connectivity index (χ0v) is 12.4. The maximum absolute atomic E-state index is 12.4. The van der Waals surface area contributed by atoms with Crippen LogP contribution in [-0.2, 0) is 4.79 Å². The highest BCUT2D eigenvalue weighted by molar-refractivity contribution is 6.33. The van der Waals surface area contributed by atoms with Crippen LogP contribution in [-0.4, -0.2) is 40.2 Å². The van der Waals surface area contributed by atoms with Crippen LogP contribution < -0.4 is 0 Å². The Morgan fingerprint density at radius 3 is 2.78 bits per heavy atom. The molecule has 2 heterocycles. The van der Waals surface area contributed by atoms with E-state index in [0.717, 1.165) is 4.90 Å². The monoisotopic (exact) mass is 345 g/mol. The van der Waals surface area contributed by atoms with Crippen molar-refractivity contribution in [1.82, 2.24) is 15.0 Å². The number of rotatable bonds is 3. The predicted molar refractivity (Wildman–Crippen MR) is 74.7 cm³/mol. The lowest BCUT2D eigenvalue weighted by Gasteiger charge is -2.17. The van der Waals surface area contributed by atoms with Crippen molar-refractivity contribution in [3.8, 4) is 11.4 Å². The summed E-state index contributed by atoms with van der Waals surface area (Å²) in [6.07, 6.45) is -4.51. The molecular weight excluding hydrogens is 335 g/mol. The van der Waals surface area contributed by atoms with Crippen molar-refractivity contribution in [1.29, 1.82) is 0 Å². The first-order valence-corrected chi connectivity index (χ1v) is 7.14. The molecule has 0 saturated carbocycles. The summed E-state index contributed by atoms with van der Waals surface area (Å²) in [5.41, 5.74) is 0.556. The number of nitrogens with zero attached hydrogens (tertiary/aromatic N) is 3. The van der Waals surface area contributed by atoms with Crippen LogP contribution in [0.3, 0.4) is 0 Å². The van der Waals surface area contributed by atoms with Gasteiger partial charge in [-0.2, -0.15) is 18.2 Å². The zero-order valence-electron chi connectivity index (χ0n) is 11.7. The van der Waals surface area contributed by atoms with Gasteiger partial charge in [0.15, 0.2) is 0 Å². The largest absolute Gasteiger partial charge is 0.406 e. The van der Waals surface area contributed by atoms with E-state index in [1.807, 2.05) is 0 Å². The molecule has 0 N–H and O–H groups in total. The van der Waals surface area contributed by atoms with Crippen LogP contribution in [0.4, 0.5) is 13.2 Å². The minimum atomic E-state index is -4.43. The van der Waals surface area contributed by atoms with Gasteiger partial charge in [-0.25, -0.2) is 0 Å². The minimum absolute atomic E-state index is 0.0831. The summed E-state index contributed by atoms with van der Waals surface area (Å²) in [6, 6.07) is 6.86. The lowest BCUT2D eigenvalue weighted by molar-refractivity contribution is -0.157. The Kier molecular flexibility index (Phi) is 4.01. The van der Waals surface area contributed by atoms with Crippen molar-refractivity contribution >= 4 is 17.5 Å². The van der Waals surface area contributed by atoms with Gasteiger partial charge in [0.1, 0.15) is 6.54 Å². The van der Waals surface area contributed by atoms with E-state index in [1.165, 1.54) is 0 Å². The SMILES string of the molecule is O=C1C[C@H](c2nc(-c3ccccc3Cl)no2)CN1CC(F)(F)F. The number of hydrogen-bond donors (Lipinski definition) is 0. The van der Waals surface area contributed by atoms with Gasteiger partial charge in [0, 0.05) is 18.5 Å². The molecule has 1 saturated heterocycles. The zero-order chi connectivity index (χ0) is 16.6. The first-order valence-electron chi connectivity index (χ1n) is 6.76. The van der Waals surface area contributed by atoms with Gasteiger partial charge in [-0.15, -0.1) is 0 Å². The number of amides is 1. The third kappa shape index (κ3) is 3.47. The second kappa shape index (κ2) is 5.84. The van der Waals surface area contributed by atoms with Crippen LogP contribution in [0.15, 0.2) is 28.8 Å². The Balaban J connectivity index is 1.77. The molecule has 5 nitrogen and oxygen atoms in total. The molecule has 1 aromatic carbocycles. The third-order valence-electron chi connectivity index (χ3n) is 3.49. The Bertz CT molecular complexity index is 732. The van der Waals surface area contributed by atoms with Crippen LogP contribution in [0, 0.1) is 0 Å². The van der Waals surface area contributed by atoms with Crippen molar-refractivity contribution in [3.05, 3.63) is 35.2 Å². The fraction of sp³-hybridized carbons (Fsp3) is 0.357. The maximum atomic E-state index is 12.4. The van der Waals surface area contributed by atoms with Gasteiger partial charge in [0.2, 0.25) is 17.6 Å². The molecule has 2 aromatic rings. The highest BCUT2D eigenvalue weighted by Gasteiger charge is 2.40. The van der Waals surface area contributed by atoms with Crippen LogP contribution in [0.5, 0.6) is 0 Å². The van der Waals surface area contributed by atoms with E-state index in [9.17, 15) is 18.0 Å². The van der Waals surface area contributed by atoms with Crippen LogP contribution >= 0.6 is 11.6 Å². The number of carbonyl (C=O) groups is 1. The average molecular weight is 346 g/mol. The maximum Gasteiger partial charge on any atom is 0.406 e. The second-order valence-electron chi connectivity index (χ2n) is 5.23. The predicted octanol–water partition coefficient (Wildman–Crippen LogP) is 3.27. The summed E-state index contributed by atoms with van der Waals surface area (Å²) in [4.78, 5) is 16.6. The molecule has 23 heavy (non-hydrogen) atoms. The summed E-state index contributed by atoms with van der Waals surface area (Å²) >= 11 is 6.04. The van der Waals surface area contributed by atoms with E-state index in [2.05, 4.69) is 10.1 Å². The number of likely N-dealkylation sites (tertiary alicyclic amines) is 1. The number of aromatic nitrogens is 2. The van der Waals surface area contributed by atoms with Crippen molar-refractivity contribution in [2.24, 2.45) is 0 Å². The van der Waals surface area contributed by atoms with Gasteiger partial charge < -0.3 is 9.42 Å². The molecule has 1 aliphatic heterocycles. The fourth-order valence-electron chi connectivity index (χ4n) is 2.46. The lowest BCUT2D eigenvalue weighted by atomic mass is 10.1. The van der Waals surface area contributed by atoms with Crippen LogP contribution in [0.2, 0.25) is 5.02 Å². The van der Waals surface area contributed by atoms with Gasteiger partial charge >= 0.3 is 6.18 Å². The smallest absolute Gasteiger partial charge is 0.339 e. The van der Waals surface area contributed by atoms with Crippen molar-refractivity contribution in [2.45, 2.75) is 18.5 Å². The molecule has 1 amide bonds. The highest BCUT2D eigenvalue weighted by Crippen LogP contribution is 2.32. The van der Waals surface area contributed by atoms with E-state index in [4.69, 9.17) is 16.1 Å². The standard InChI is InChI=1S/C14H11ClF3N3O2/c15-10-4-2-1-3-9(10)12-19-13(23-20-12)8-5-11(22)21(6-8)7-14(16,17)18/h1-4,8H,5-7H2/t8-/m0/s1. The number of benzene rings is 1. The van der Waals surface area contributed by atoms with Crippen LogP contribution in [0.1, 0.15) is 18.2 Å². The number of halogens is 4. The molecule has 0 bridgehead atoms. The second-order valence-corrected chi connectivity index (χ2v) is 5.63. The molecule has 1 aliphatic rings. The first kappa shape index (κ1) is 15.8. The van der Waals surface area contributed by atoms with Crippen molar-refractivity contribution in [3.63, 3.8) is 0 Å². The normalized spacial score (nSPS) is 18.7. The Morgan fingerprint density at radius 2 is 2.09 bits per heavy atom. The van der Waals surface area contributed by atoms with Crippen LogP contribution in [0.25, 0.3) is 11.4 Å². The molecule has 0 aliphatic carbocycles. The van der Waals surface area contributed by atoms with Gasteiger partial charge in [-0.1, -0.05) is 28.9 Å². The minimum Gasteiger partial charge on any atom is -0.339 e. The summed E-state index contributed by atoms with van der Waals surface area (Å²) in [5, 5.41) is 4.23. The summed E-state index contributed by atoms with van der Waals surface area (Å²) < 4.78 is 42.4. The summed E-state index contributed by atoms with van der Waals surface area (Å²) in [7, 11) is 0. The molecule has 122 valence electrons. The van der Waals surface area contributed by atoms with Gasteiger partial charge in [0.05, 0.1) is 10.9 Å². The van der Waals surface area contributed by atoms with E-state index < -0.39 is 24.5 Å². The quantitative estimate of drug-likeness (QED) is 0.856. The fourth-order valence-corrected chi connectivity index (χ4v) is 2.68. The molecule has 1 atom stereocenters. The van der Waals surface area contributed by atoms with Crippen molar-refractivity contribution < 1.29 is 22.5 Å². The van der Waals surface area contributed by atoms with Gasteiger partial charge in [-0.3, -0.25) is 4.79 Å². The first-order chi connectivity index (χ1) is 10.8. The number of hydrogen-bond acceptors (Lipinski definition) is 4. The summed E-state index contributed by atoms with van der Waals surface area (Å²) in [5.74, 6) is -0.747. The lowest BCUT2D eigenvalue weighted by Crippen LogP contribution is -2.35. The van der Waals surface area contributed by atoms with E-state index in [0.29, 0.717) is 10.6 Å². The van der Waals surface area contributed by atoms with Crippen molar-refractivity contribution in [2.75, 3.05) is 13.1 Å². The Morgan fingerprint density at radius 1 is 1.35 bits per heavy atom. The Labute approximate surface area is 134 Å². The third-order valence-corrected chi connectivity index (χ3v) is 3.82. The van der Waals surface area contributed by atoms with E-state index in [-0.39, 0.29) is 24.7 Å². The molecule has 0 unspecified atom stereocenters. The Hall–Kier alpha value is -2.09. The average Bonchev–Trinajstić information content (AvgIpc) is 3.06. The number of carbonyl (C=O) groups excluding carboxylic acids is 1. The number of alkyl halides is 3. The van der Waals surface area contributed by atoms with Gasteiger partial charge in [-0.05, 0) is 12.1 Å². The molecule has 1 fully saturated rings. The topological polar surface area (TPSA) is 59.2 Å². The molecule has 0 radical (unpaired) electrons. The summed E-state index contributed by atoms with van der Waals surface area (Å²) in [6.45, 7) is -1.36. The molecule has 0 spiro atoms. The molecule has 1 aromatic heterocycles. The van der Waals surface area contributed by atoms with E-state index >= 15 is 0 Å².